The SMILES string of the molecule is COC(CNC(C)=O)CNC(C)=O. The van der Waals surface area contributed by atoms with Crippen LogP contribution in [0.1, 0.15) is 13.8 Å². The number of amides is 2. The smallest absolute Gasteiger partial charge is 0.216 e. The summed E-state index contributed by atoms with van der Waals surface area (Å²) in [6.45, 7) is 3.69. The minimum atomic E-state index is -0.173. The van der Waals surface area contributed by atoms with E-state index in [-0.39, 0.29) is 17.9 Å². The summed E-state index contributed by atoms with van der Waals surface area (Å²) in [6.07, 6.45) is -0.173. The van der Waals surface area contributed by atoms with Gasteiger partial charge in [0.1, 0.15) is 0 Å². The second kappa shape index (κ2) is 6.42. The lowest BCUT2D eigenvalue weighted by Gasteiger charge is -2.15. The van der Waals surface area contributed by atoms with Crippen molar-refractivity contribution in [3.63, 3.8) is 0 Å². The number of ether oxygens (including phenoxy) is 1. The van der Waals surface area contributed by atoms with Gasteiger partial charge in [-0.15, -0.1) is 0 Å². The van der Waals surface area contributed by atoms with Crippen molar-refractivity contribution < 1.29 is 14.3 Å². The highest BCUT2D eigenvalue weighted by atomic mass is 16.5. The Labute approximate surface area is 77.8 Å². The Bertz CT molecular complexity index is 164. The summed E-state index contributed by atoms with van der Waals surface area (Å²) in [5, 5.41) is 5.21. The maximum absolute atomic E-state index is 10.5. The van der Waals surface area contributed by atoms with Crippen LogP contribution in [0.2, 0.25) is 0 Å². The first kappa shape index (κ1) is 11.9. The maximum atomic E-state index is 10.5. The predicted molar refractivity (Wildman–Crippen MR) is 48.2 cm³/mol. The highest BCUT2D eigenvalue weighted by molar-refractivity contribution is 5.73. The van der Waals surface area contributed by atoms with Crippen molar-refractivity contribution in [2.75, 3.05) is 20.2 Å². The quantitative estimate of drug-likeness (QED) is 0.598. The Hall–Kier alpha value is -1.10. The minimum absolute atomic E-state index is 0.107. The van der Waals surface area contributed by atoms with Gasteiger partial charge in [-0.25, -0.2) is 0 Å². The van der Waals surface area contributed by atoms with Gasteiger partial charge in [0.05, 0.1) is 6.10 Å². The maximum Gasteiger partial charge on any atom is 0.216 e. The zero-order valence-electron chi connectivity index (χ0n) is 8.22. The Morgan fingerprint density at radius 1 is 1.15 bits per heavy atom. The van der Waals surface area contributed by atoms with Crippen LogP contribution in [0.3, 0.4) is 0 Å². The second-order valence-electron chi connectivity index (χ2n) is 2.73. The molecule has 5 nitrogen and oxygen atoms in total. The van der Waals surface area contributed by atoms with E-state index in [0.717, 1.165) is 0 Å². The topological polar surface area (TPSA) is 67.4 Å². The average Bonchev–Trinajstić information content (AvgIpc) is 2.04. The molecule has 0 radical (unpaired) electrons. The number of carbonyl (C=O) groups excluding carboxylic acids is 2. The Kier molecular flexibility index (Phi) is 5.88. The van der Waals surface area contributed by atoms with Crippen LogP contribution in [0, 0.1) is 0 Å². The Morgan fingerprint density at radius 3 is 1.77 bits per heavy atom. The first-order valence-electron chi connectivity index (χ1n) is 4.08. The van der Waals surface area contributed by atoms with E-state index in [4.69, 9.17) is 4.74 Å². The number of rotatable bonds is 5. The van der Waals surface area contributed by atoms with Gasteiger partial charge in [-0.05, 0) is 0 Å². The summed E-state index contributed by atoms with van der Waals surface area (Å²) in [6, 6.07) is 0. The zero-order chi connectivity index (χ0) is 10.3. The fourth-order valence-corrected chi connectivity index (χ4v) is 0.754. The van der Waals surface area contributed by atoms with Gasteiger partial charge in [0.15, 0.2) is 0 Å². The largest absolute Gasteiger partial charge is 0.378 e. The molecule has 0 aliphatic rings. The van der Waals surface area contributed by atoms with E-state index in [9.17, 15) is 9.59 Å². The second-order valence-corrected chi connectivity index (χ2v) is 2.73. The summed E-state index contributed by atoms with van der Waals surface area (Å²) in [5.41, 5.74) is 0. The number of nitrogens with one attached hydrogen (secondary N) is 2. The van der Waals surface area contributed by atoms with Crippen molar-refractivity contribution in [2.24, 2.45) is 0 Å². The summed E-state index contributed by atoms with van der Waals surface area (Å²) in [5.74, 6) is -0.213. The van der Waals surface area contributed by atoms with Crippen LogP contribution in [0.4, 0.5) is 0 Å². The molecule has 0 rings (SSSR count). The molecule has 13 heavy (non-hydrogen) atoms. The molecule has 0 aromatic rings. The van der Waals surface area contributed by atoms with E-state index in [1.165, 1.54) is 21.0 Å². The van der Waals surface area contributed by atoms with Crippen molar-refractivity contribution >= 4 is 11.8 Å². The molecule has 76 valence electrons. The number of hydrogen-bond donors (Lipinski definition) is 2. The monoisotopic (exact) mass is 188 g/mol. The van der Waals surface area contributed by atoms with Crippen LogP contribution in [0.15, 0.2) is 0 Å². The molecule has 0 aliphatic carbocycles. The van der Waals surface area contributed by atoms with Crippen molar-refractivity contribution in [1.82, 2.24) is 10.6 Å². The molecule has 2 N–H and O–H groups in total. The van der Waals surface area contributed by atoms with Crippen molar-refractivity contribution in [2.45, 2.75) is 20.0 Å². The van der Waals surface area contributed by atoms with Crippen LogP contribution in [0.25, 0.3) is 0 Å². The Morgan fingerprint density at radius 2 is 1.54 bits per heavy atom. The third kappa shape index (κ3) is 7.27. The fraction of sp³-hybridized carbons (Fsp3) is 0.750. The van der Waals surface area contributed by atoms with Crippen LogP contribution in [-0.2, 0) is 14.3 Å². The molecule has 0 aromatic carbocycles. The van der Waals surface area contributed by atoms with Gasteiger partial charge < -0.3 is 15.4 Å². The van der Waals surface area contributed by atoms with Crippen LogP contribution < -0.4 is 10.6 Å². The first-order valence-corrected chi connectivity index (χ1v) is 4.08. The Balaban J connectivity index is 3.63. The summed E-state index contributed by atoms with van der Waals surface area (Å²) >= 11 is 0. The molecule has 2 amide bonds. The molecule has 0 aromatic heterocycles. The molecular formula is C8H16N2O3. The molecule has 0 heterocycles. The molecular weight excluding hydrogens is 172 g/mol. The van der Waals surface area contributed by atoms with E-state index in [1.54, 1.807) is 0 Å². The van der Waals surface area contributed by atoms with Crippen molar-refractivity contribution in [1.29, 1.82) is 0 Å². The highest BCUT2D eigenvalue weighted by Gasteiger charge is 2.07. The van der Waals surface area contributed by atoms with Gasteiger partial charge in [-0.2, -0.15) is 0 Å². The molecule has 0 spiro atoms. The van der Waals surface area contributed by atoms with Crippen LogP contribution in [0.5, 0.6) is 0 Å². The lowest BCUT2D eigenvalue weighted by atomic mass is 10.3. The third-order valence-electron chi connectivity index (χ3n) is 1.49. The fourth-order valence-electron chi connectivity index (χ4n) is 0.754. The summed E-state index contributed by atoms with van der Waals surface area (Å²) in [4.78, 5) is 21.1. The lowest BCUT2D eigenvalue weighted by molar-refractivity contribution is -0.119. The summed E-state index contributed by atoms with van der Waals surface area (Å²) in [7, 11) is 1.54. The normalized spacial score (nSPS) is 9.85. The molecule has 0 saturated carbocycles. The average molecular weight is 188 g/mol. The molecule has 0 saturated heterocycles. The van der Waals surface area contributed by atoms with Gasteiger partial charge >= 0.3 is 0 Å². The van der Waals surface area contributed by atoms with E-state index in [0.29, 0.717) is 13.1 Å². The molecule has 0 fully saturated rings. The van der Waals surface area contributed by atoms with Gasteiger partial charge in [-0.3, -0.25) is 9.59 Å². The third-order valence-corrected chi connectivity index (χ3v) is 1.49. The summed E-state index contributed by atoms with van der Waals surface area (Å²) < 4.78 is 5.02. The highest BCUT2D eigenvalue weighted by Crippen LogP contribution is 1.85. The number of methoxy groups -OCH3 is 1. The molecule has 5 heteroatoms. The molecule has 0 aliphatic heterocycles. The van der Waals surface area contributed by atoms with Crippen molar-refractivity contribution in [3.05, 3.63) is 0 Å². The minimum Gasteiger partial charge on any atom is -0.378 e. The molecule has 0 bridgehead atoms. The standard InChI is InChI=1S/C8H16N2O3/c1-6(11)9-4-8(13-3)5-10-7(2)12/h8H,4-5H2,1-3H3,(H,9,11)(H,10,12). The number of carbonyl (C=O) groups is 2. The van der Waals surface area contributed by atoms with Gasteiger partial charge in [0.2, 0.25) is 11.8 Å². The van der Waals surface area contributed by atoms with E-state index >= 15 is 0 Å². The molecule has 0 atom stereocenters. The van der Waals surface area contributed by atoms with E-state index < -0.39 is 0 Å². The van der Waals surface area contributed by atoms with Gasteiger partial charge in [0, 0.05) is 34.0 Å². The van der Waals surface area contributed by atoms with Crippen LogP contribution >= 0.6 is 0 Å². The first-order chi connectivity index (χ1) is 6.06. The zero-order valence-corrected chi connectivity index (χ0v) is 8.22. The number of hydrogen-bond acceptors (Lipinski definition) is 3. The molecule has 0 unspecified atom stereocenters. The van der Waals surface area contributed by atoms with Crippen LogP contribution in [-0.4, -0.2) is 38.1 Å². The van der Waals surface area contributed by atoms with Gasteiger partial charge in [-0.1, -0.05) is 0 Å². The predicted octanol–water partition coefficient (Wildman–Crippen LogP) is -0.726. The van der Waals surface area contributed by atoms with E-state index in [1.807, 2.05) is 0 Å². The van der Waals surface area contributed by atoms with Crippen molar-refractivity contribution in [3.8, 4) is 0 Å². The van der Waals surface area contributed by atoms with Gasteiger partial charge in [0.25, 0.3) is 0 Å². The van der Waals surface area contributed by atoms with E-state index in [2.05, 4.69) is 10.6 Å². The lowest BCUT2D eigenvalue weighted by Crippen LogP contribution is -2.39.